The van der Waals surface area contributed by atoms with Gasteiger partial charge in [0.2, 0.25) is 0 Å². The van der Waals surface area contributed by atoms with Gasteiger partial charge in [0.1, 0.15) is 11.5 Å². The van der Waals surface area contributed by atoms with Crippen molar-refractivity contribution in [3.8, 4) is 11.5 Å². The second-order valence-corrected chi connectivity index (χ2v) is 7.96. The summed E-state index contributed by atoms with van der Waals surface area (Å²) in [5.41, 5.74) is 1.59. The molecule has 0 aliphatic carbocycles. The molecule has 0 spiro atoms. The molecule has 3 aromatic carbocycles. The van der Waals surface area contributed by atoms with Crippen LogP contribution < -0.4 is 14.4 Å². The number of halogens is 3. The van der Waals surface area contributed by atoms with E-state index in [1.165, 1.54) is 11.0 Å². The van der Waals surface area contributed by atoms with Crippen molar-refractivity contribution in [2.45, 2.75) is 33.4 Å². The van der Waals surface area contributed by atoms with E-state index in [1.807, 2.05) is 6.92 Å². The van der Waals surface area contributed by atoms with Crippen molar-refractivity contribution in [1.82, 2.24) is 0 Å². The van der Waals surface area contributed by atoms with Gasteiger partial charge in [-0.25, -0.2) is 0 Å². The van der Waals surface area contributed by atoms with Crippen LogP contribution in [0.25, 0.3) is 10.8 Å². The fraction of sp³-hybridized carbons (Fsp3) is 0.280. The molecule has 0 aromatic heterocycles. The molecule has 0 bridgehead atoms. The second-order valence-electron chi connectivity index (χ2n) is 7.55. The van der Waals surface area contributed by atoms with Gasteiger partial charge in [0.15, 0.2) is 0 Å². The highest BCUT2D eigenvalue weighted by Gasteiger charge is 2.36. The molecule has 0 N–H and O–H groups in total. The van der Waals surface area contributed by atoms with Crippen molar-refractivity contribution >= 4 is 39.9 Å². The van der Waals surface area contributed by atoms with Crippen LogP contribution >= 0.6 is 11.6 Å². The van der Waals surface area contributed by atoms with Gasteiger partial charge in [-0.1, -0.05) is 29.8 Å². The Labute approximate surface area is 200 Å². The number of carbonyl (C=O) groups excluding carboxylic acids is 2. The number of alkyl halides is 2. The maximum atomic E-state index is 13.6. The number of amides is 1. The van der Waals surface area contributed by atoms with Gasteiger partial charge in [0.05, 0.1) is 42.5 Å². The Balaban J connectivity index is 1.78. The predicted molar refractivity (Wildman–Crippen MR) is 124 cm³/mol. The van der Waals surface area contributed by atoms with E-state index in [0.29, 0.717) is 39.9 Å². The number of benzene rings is 3. The van der Waals surface area contributed by atoms with Gasteiger partial charge in [-0.05, 0) is 49.1 Å². The predicted octanol–water partition coefficient (Wildman–Crippen LogP) is 5.76. The van der Waals surface area contributed by atoms with E-state index in [0.717, 1.165) is 0 Å². The lowest BCUT2D eigenvalue weighted by molar-refractivity contribution is -0.142. The summed E-state index contributed by atoms with van der Waals surface area (Å²) < 4.78 is 41.8. The molecular formula is C25H22ClF2NO5. The molecule has 4 rings (SSSR count). The number of nitrogens with zero attached hydrogens (tertiary/aromatic N) is 1. The lowest BCUT2D eigenvalue weighted by atomic mass is 9.98. The zero-order chi connectivity index (χ0) is 24.4. The Kier molecular flexibility index (Phi) is 6.88. The van der Waals surface area contributed by atoms with Gasteiger partial charge in [-0.15, -0.1) is 0 Å². The number of hydrogen-bond donors (Lipinski definition) is 0. The normalized spacial score (nSPS) is 12.9. The summed E-state index contributed by atoms with van der Waals surface area (Å²) in [6.45, 7) is 1.12. The van der Waals surface area contributed by atoms with E-state index < -0.39 is 12.5 Å². The zero-order valence-corrected chi connectivity index (χ0v) is 19.3. The van der Waals surface area contributed by atoms with E-state index in [4.69, 9.17) is 25.8 Å². The van der Waals surface area contributed by atoms with E-state index in [9.17, 15) is 18.4 Å². The van der Waals surface area contributed by atoms with Gasteiger partial charge in [0, 0.05) is 10.9 Å². The molecular weight excluding hydrogens is 468 g/mol. The molecule has 0 atom stereocenters. The minimum Gasteiger partial charge on any atom is -0.493 e. The quantitative estimate of drug-likeness (QED) is 0.376. The zero-order valence-electron chi connectivity index (χ0n) is 18.6. The van der Waals surface area contributed by atoms with Gasteiger partial charge in [-0.2, -0.15) is 8.78 Å². The SMILES string of the molecule is CCOC(=O)Cc1ccc(N2Cc3c(OC(F)F)cc4cccc(OCC)c4c3C2=O)c(Cl)c1. The third-order valence-electron chi connectivity index (χ3n) is 5.44. The summed E-state index contributed by atoms with van der Waals surface area (Å²) in [5, 5.41) is 1.32. The molecule has 3 aromatic rings. The van der Waals surface area contributed by atoms with Crippen LogP contribution in [0.4, 0.5) is 14.5 Å². The van der Waals surface area contributed by atoms with Crippen LogP contribution in [-0.4, -0.2) is 31.7 Å². The number of fused-ring (bicyclic) bond motifs is 3. The van der Waals surface area contributed by atoms with Crippen LogP contribution in [0, 0.1) is 0 Å². The van der Waals surface area contributed by atoms with Crippen LogP contribution in [0.15, 0.2) is 42.5 Å². The molecule has 34 heavy (non-hydrogen) atoms. The highest BCUT2D eigenvalue weighted by Crippen LogP contribution is 2.44. The van der Waals surface area contributed by atoms with Gasteiger partial charge in [-0.3, -0.25) is 9.59 Å². The van der Waals surface area contributed by atoms with E-state index >= 15 is 0 Å². The number of rotatable bonds is 8. The highest BCUT2D eigenvalue weighted by molar-refractivity contribution is 6.34. The van der Waals surface area contributed by atoms with E-state index in [1.54, 1.807) is 43.3 Å². The Morgan fingerprint density at radius 2 is 1.91 bits per heavy atom. The number of anilines is 1. The Hall–Kier alpha value is -3.39. The summed E-state index contributed by atoms with van der Waals surface area (Å²) in [5.74, 6) is -0.394. The summed E-state index contributed by atoms with van der Waals surface area (Å²) in [4.78, 5) is 26.8. The minimum absolute atomic E-state index is 0.0104. The van der Waals surface area contributed by atoms with Gasteiger partial charge in [0.25, 0.3) is 5.91 Å². The first-order chi connectivity index (χ1) is 16.3. The number of carbonyl (C=O) groups is 2. The summed E-state index contributed by atoms with van der Waals surface area (Å²) in [6.07, 6.45) is 0.0384. The molecule has 178 valence electrons. The first kappa shape index (κ1) is 23.8. The summed E-state index contributed by atoms with van der Waals surface area (Å²) >= 11 is 6.48. The van der Waals surface area contributed by atoms with Crippen LogP contribution in [0.2, 0.25) is 5.02 Å². The molecule has 0 unspecified atom stereocenters. The lowest BCUT2D eigenvalue weighted by Crippen LogP contribution is -2.23. The summed E-state index contributed by atoms with van der Waals surface area (Å²) in [7, 11) is 0. The van der Waals surface area contributed by atoms with Gasteiger partial charge < -0.3 is 19.1 Å². The Morgan fingerprint density at radius 1 is 1.12 bits per heavy atom. The maximum absolute atomic E-state index is 13.6. The standard InChI is InChI=1S/C25H22ClF2NO5/c1-3-32-19-7-5-6-15-12-20(34-25(27)28)16-13-29(24(31)23(16)22(15)19)18-9-8-14(10-17(18)26)11-21(30)33-4-2/h5-10,12,25H,3-4,11,13H2,1-2H3. The molecule has 9 heteroatoms. The van der Waals surface area contributed by atoms with Crippen molar-refractivity contribution < 1.29 is 32.6 Å². The minimum atomic E-state index is -3.05. The molecule has 1 heterocycles. The van der Waals surface area contributed by atoms with Crippen LogP contribution in [0.1, 0.15) is 35.3 Å². The molecule has 1 aliphatic heterocycles. The first-order valence-electron chi connectivity index (χ1n) is 10.8. The third-order valence-corrected chi connectivity index (χ3v) is 5.74. The number of esters is 1. The average molecular weight is 490 g/mol. The third kappa shape index (κ3) is 4.50. The maximum Gasteiger partial charge on any atom is 0.387 e. The molecule has 0 saturated carbocycles. The molecule has 0 radical (unpaired) electrons. The smallest absolute Gasteiger partial charge is 0.387 e. The molecule has 0 saturated heterocycles. The second kappa shape index (κ2) is 9.85. The van der Waals surface area contributed by atoms with Crippen LogP contribution in [0.5, 0.6) is 11.5 Å². The Morgan fingerprint density at radius 3 is 2.59 bits per heavy atom. The van der Waals surface area contributed by atoms with Crippen molar-refractivity contribution in [3.63, 3.8) is 0 Å². The van der Waals surface area contributed by atoms with E-state index in [-0.39, 0.29) is 41.9 Å². The largest absolute Gasteiger partial charge is 0.493 e. The van der Waals surface area contributed by atoms with Crippen molar-refractivity contribution in [2.75, 3.05) is 18.1 Å². The van der Waals surface area contributed by atoms with E-state index in [2.05, 4.69) is 0 Å². The summed E-state index contributed by atoms with van der Waals surface area (Å²) in [6, 6.07) is 11.5. The van der Waals surface area contributed by atoms with Crippen LogP contribution in [0.3, 0.4) is 0 Å². The fourth-order valence-corrected chi connectivity index (χ4v) is 4.43. The lowest BCUT2D eigenvalue weighted by Gasteiger charge is -2.18. The monoisotopic (exact) mass is 489 g/mol. The average Bonchev–Trinajstić information content (AvgIpc) is 3.11. The molecule has 1 aliphatic rings. The van der Waals surface area contributed by atoms with Crippen molar-refractivity contribution in [1.29, 1.82) is 0 Å². The number of ether oxygens (including phenoxy) is 3. The molecule has 0 fully saturated rings. The van der Waals surface area contributed by atoms with Crippen molar-refractivity contribution in [2.24, 2.45) is 0 Å². The topological polar surface area (TPSA) is 65.1 Å². The first-order valence-corrected chi connectivity index (χ1v) is 11.1. The van der Waals surface area contributed by atoms with Crippen LogP contribution in [-0.2, 0) is 22.5 Å². The highest BCUT2D eigenvalue weighted by atomic mass is 35.5. The molecule has 6 nitrogen and oxygen atoms in total. The molecule has 1 amide bonds. The van der Waals surface area contributed by atoms with Gasteiger partial charge >= 0.3 is 12.6 Å². The number of hydrogen-bond acceptors (Lipinski definition) is 5. The van der Waals surface area contributed by atoms with Crippen molar-refractivity contribution in [3.05, 3.63) is 64.2 Å². The Bertz CT molecular complexity index is 1260. The fourth-order valence-electron chi connectivity index (χ4n) is 4.13.